The number of amides is 2. The minimum atomic E-state index is -0.550. The van der Waals surface area contributed by atoms with Crippen LogP contribution in [-0.2, 0) is 4.79 Å². The second kappa shape index (κ2) is 10.1. The summed E-state index contributed by atoms with van der Waals surface area (Å²) in [7, 11) is 1.48. The molecule has 0 spiro atoms. The topological polar surface area (TPSA) is 85.9 Å². The van der Waals surface area contributed by atoms with Crippen LogP contribution in [0.4, 0.5) is 0 Å². The molecule has 150 valence electrons. The van der Waals surface area contributed by atoms with Crippen LogP contribution in [-0.4, -0.2) is 31.6 Å². The number of methoxy groups -OCH3 is 1. The predicted molar refractivity (Wildman–Crippen MR) is 106 cm³/mol. The summed E-state index contributed by atoms with van der Waals surface area (Å²) in [4.78, 5) is 24.1. The maximum absolute atomic E-state index is 12.2. The SMILES string of the molecule is COc1cc(C(=O)NNC(=O)COc2ccc(Cl)c(Cl)c2)ccc1OC(C)C. The third-order valence-corrected chi connectivity index (χ3v) is 4.10. The van der Waals surface area contributed by atoms with Crippen molar-refractivity contribution in [3.05, 3.63) is 52.0 Å². The van der Waals surface area contributed by atoms with Crippen molar-refractivity contribution in [2.24, 2.45) is 0 Å². The molecule has 0 aliphatic rings. The smallest absolute Gasteiger partial charge is 0.276 e. The van der Waals surface area contributed by atoms with Crippen LogP contribution < -0.4 is 25.1 Å². The lowest BCUT2D eigenvalue weighted by molar-refractivity contribution is -0.123. The molecule has 0 saturated carbocycles. The van der Waals surface area contributed by atoms with E-state index in [9.17, 15) is 9.59 Å². The molecule has 2 rings (SSSR count). The van der Waals surface area contributed by atoms with Crippen LogP contribution in [0.3, 0.4) is 0 Å². The zero-order valence-electron chi connectivity index (χ0n) is 15.5. The van der Waals surface area contributed by atoms with E-state index in [1.54, 1.807) is 24.3 Å². The average Bonchev–Trinajstić information content (AvgIpc) is 2.66. The number of carbonyl (C=O) groups excluding carboxylic acids is 2. The molecule has 0 bridgehead atoms. The summed E-state index contributed by atoms with van der Waals surface area (Å²) in [5.41, 5.74) is 4.86. The Morgan fingerprint density at radius 3 is 2.39 bits per heavy atom. The second-order valence-corrected chi connectivity index (χ2v) is 6.71. The van der Waals surface area contributed by atoms with E-state index in [4.69, 9.17) is 37.4 Å². The fourth-order valence-corrected chi connectivity index (χ4v) is 2.40. The quantitative estimate of drug-likeness (QED) is 0.660. The number of hydrogen-bond donors (Lipinski definition) is 2. The molecular weight excluding hydrogens is 407 g/mol. The number of halogens is 2. The maximum Gasteiger partial charge on any atom is 0.276 e. The Morgan fingerprint density at radius 1 is 1.00 bits per heavy atom. The summed E-state index contributed by atoms with van der Waals surface area (Å²) in [5.74, 6) is 0.244. The van der Waals surface area contributed by atoms with Crippen LogP contribution in [0.2, 0.25) is 10.0 Å². The molecule has 0 radical (unpaired) electrons. The lowest BCUT2D eigenvalue weighted by Gasteiger charge is -2.14. The van der Waals surface area contributed by atoms with Gasteiger partial charge in [0.2, 0.25) is 0 Å². The van der Waals surface area contributed by atoms with Crippen LogP contribution in [0.15, 0.2) is 36.4 Å². The van der Waals surface area contributed by atoms with E-state index in [-0.39, 0.29) is 12.7 Å². The van der Waals surface area contributed by atoms with Gasteiger partial charge in [-0.3, -0.25) is 20.4 Å². The third kappa shape index (κ3) is 6.21. The molecule has 0 atom stereocenters. The number of carbonyl (C=O) groups is 2. The molecule has 2 aromatic rings. The van der Waals surface area contributed by atoms with Crippen LogP contribution in [0.1, 0.15) is 24.2 Å². The molecule has 2 N–H and O–H groups in total. The highest BCUT2D eigenvalue weighted by molar-refractivity contribution is 6.42. The molecular formula is C19H20Cl2N2O5. The molecule has 0 aliphatic carbocycles. The van der Waals surface area contributed by atoms with Gasteiger partial charge < -0.3 is 14.2 Å². The van der Waals surface area contributed by atoms with Gasteiger partial charge in [0, 0.05) is 11.6 Å². The first-order valence-corrected chi connectivity index (χ1v) is 9.07. The normalized spacial score (nSPS) is 10.4. The molecule has 0 saturated heterocycles. The predicted octanol–water partition coefficient (Wildman–Crippen LogP) is 3.63. The number of ether oxygens (including phenoxy) is 3. The van der Waals surface area contributed by atoms with Gasteiger partial charge in [-0.25, -0.2) is 0 Å². The van der Waals surface area contributed by atoms with Crippen LogP contribution in [0.5, 0.6) is 17.2 Å². The average molecular weight is 427 g/mol. The molecule has 9 heteroatoms. The van der Waals surface area contributed by atoms with E-state index in [0.29, 0.717) is 32.9 Å². The van der Waals surface area contributed by atoms with E-state index in [1.165, 1.54) is 19.2 Å². The number of hydrogen-bond acceptors (Lipinski definition) is 5. The molecule has 0 aliphatic heterocycles. The Labute approximate surface area is 172 Å². The van der Waals surface area contributed by atoms with Gasteiger partial charge in [0.15, 0.2) is 18.1 Å². The minimum Gasteiger partial charge on any atom is -0.493 e. The van der Waals surface area contributed by atoms with Crippen molar-refractivity contribution >= 4 is 35.0 Å². The largest absolute Gasteiger partial charge is 0.493 e. The number of rotatable bonds is 7. The third-order valence-electron chi connectivity index (χ3n) is 3.36. The lowest BCUT2D eigenvalue weighted by atomic mass is 10.2. The fourth-order valence-electron chi connectivity index (χ4n) is 2.11. The van der Waals surface area contributed by atoms with Gasteiger partial charge in [-0.1, -0.05) is 23.2 Å². The van der Waals surface area contributed by atoms with Crippen molar-refractivity contribution in [2.45, 2.75) is 20.0 Å². The number of hydrazine groups is 1. The summed E-state index contributed by atoms with van der Waals surface area (Å²) < 4.78 is 16.1. The summed E-state index contributed by atoms with van der Waals surface area (Å²) in [6, 6.07) is 9.33. The zero-order valence-corrected chi connectivity index (χ0v) is 17.1. The first kappa shape index (κ1) is 21.7. The summed E-state index contributed by atoms with van der Waals surface area (Å²) in [5, 5.41) is 0.692. The highest BCUT2D eigenvalue weighted by atomic mass is 35.5. The van der Waals surface area contributed by atoms with Gasteiger partial charge in [0.05, 0.1) is 23.3 Å². The van der Waals surface area contributed by atoms with Gasteiger partial charge in [-0.05, 0) is 44.2 Å². The monoisotopic (exact) mass is 426 g/mol. The Bertz CT molecular complexity index is 858. The van der Waals surface area contributed by atoms with Crippen LogP contribution in [0.25, 0.3) is 0 Å². The first-order valence-electron chi connectivity index (χ1n) is 8.32. The molecule has 0 aromatic heterocycles. The van der Waals surface area contributed by atoms with E-state index in [2.05, 4.69) is 10.9 Å². The number of benzene rings is 2. The van der Waals surface area contributed by atoms with E-state index >= 15 is 0 Å². The molecule has 0 heterocycles. The van der Waals surface area contributed by atoms with E-state index in [1.807, 2.05) is 13.8 Å². The summed E-state index contributed by atoms with van der Waals surface area (Å²) in [6.45, 7) is 3.45. The zero-order chi connectivity index (χ0) is 20.7. The Balaban J connectivity index is 1.88. The summed E-state index contributed by atoms with van der Waals surface area (Å²) in [6.07, 6.45) is -0.0385. The Hall–Kier alpha value is -2.64. The lowest BCUT2D eigenvalue weighted by Crippen LogP contribution is -2.43. The highest BCUT2D eigenvalue weighted by Gasteiger charge is 2.13. The fraction of sp³-hybridized carbons (Fsp3) is 0.263. The van der Waals surface area contributed by atoms with Crippen molar-refractivity contribution in [1.29, 1.82) is 0 Å². The molecule has 7 nitrogen and oxygen atoms in total. The van der Waals surface area contributed by atoms with Gasteiger partial charge >= 0.3 is 0 Å². The van der Waals surface area contributed by atoms with Crippen LogP contribution in [0, 0.1) is 0 Å². The molecule has 0 unspecified atom stereocenters. The second-order valence-electron chi connectivity index (χ2n) is 5.90. The van der Waals surface area contributed by atoms with Crippen LogP contribution >= 0.6 is 23.2 Å². The Morgan fingerprint density at radius 2 is 1.75 bits per heavy atom. The minimum absolute atomic E-state index is 0.0385. The van der Waals surface area contributed by atoms with Crippen molar-refractivity contribution in [3.8, 4) is 17.2 Å². The molecule has 2 aromatic carbocycles. The van der Waals surface area contributed by atoms with Crippen molar-refractivity contribution in [2.75, 3.05) is 13.7 Å². The maximum atomic E-state index is 12.2. The molecule has 2 amide bonds. The van der Waals surface area contributed by atoms with Gasteiger partial charge in [-0.2, -0.15) is 0 Å². The summed E-state index contributed by atoms with van der Waals surface area (Å²) >= 11 is 11.7. The highest BCUT2D eigenvalue weighted by Crippen LogP contribution is 2.29. The molecule has 0 fully saturated rings. The van der Waals surface area contributed by atoms with Crippen molar-refractivity contribution in [3.63, 3.8) is 0 Å². The van der Waals surface area contributed by atoms with Crippen molar-refractivity contribution < 1.29 is 23.8 Å². The van der Waals surface area contributed by atoms with Crippen molar-refractivity contribution in [1.82, 2.24) is 10.9 Å². The van der Waals surface area contributed by atoms with E-state index in [0.717, 1.165) is 0 Å². The Kier molecular flexibility index (Phi) is 7.78. The van der Waals surface area contributed by atoms with Gasteiger partial charge in [-0.15, -0.1) is 0 Å². The first-order chi connectivity index (χ1) is 13.3. The standard InChI is InChI=1S/C19H20Cl2N2O5/c1-11(2)28-16-7-4-12(8-17(16)26-3)19(25)23-22-18(24)10-27-13-5-6-14(20)15(21)9-13/h4-9,11H,10H2,1-3H3,(H,22,24)(H,23,25). The molecule has 28 heavy (non-hydrogen) atoms. The van der Waals surface area contributed by atoms with E-state index < -0.39 is 11.8 Å². The van der Waals surface area contributed by atoms with Gasteiger partial charge in [0.1, 0.15) is 5.75 Å². The number of nitrogens with one attached hydrogen (secondary N) is 2. The van der Waals surface area contributed by atoms with Gasteiger partial charge in [0.25, 0.3) is 11.8 Å².